The van der Waals surface area contributed by atoms with E-state index in [1.165, 1.54) is 5.46 Å². The fourth-order valence-corrected chi connectivity index (χ4v) is 2.45. The first-order chi connectivity index (χ1) is 11.6. The summed E-state index contributed by atoms with van der Waals surface area (Å²) in [5, 5.41) is 2.97. The highest BCUT2D eigenvalue weighted by atomic mass is 16.5. The summed E-state index contributed by atoms with van der Waals surface area (Å²) < 4.78 is 6.02. The predicted molar refractivity (Wildman–Crippen MR) is 101 cm³/mol. The molecule has 0 aliphatic rings. The molecule has 1 unspecified atom stereocenters. The molecule has 2 aromatic rings. The van der Waals surface area contributed by atoms with E-state index in [0.717, 1.165) is 18.4 Å². The Bertz CT molecular complexity index is 626. The van der Waals surface area contributed by atoms with Crippen LogP contribution in [0.15, 0.2) is 54.6 Å². The molecule has 126 valence electrons. The van der Waals surface area contributed by atoms with Crippen LogP contribution in [-0.4, -0.2) is 19.2 Å². The van der Waals surface area contributed by atoms with Crippen molar-refractivity contribution in [3.05, 3.63) is 60.2 Å². The maximum atomic E-state index is 12.6. The first kappa shape index (κ1) is 18.1. The van der Waals surface area contributed by atoms with Gasteiger partial charge in [0.2, 0.25) is 6.10 Å². The summed E-state index contributed by atoms with van der Waals surface area (Å²) in [7, 11) is 0. The summed E-state index contributed by atoms with van der Waals surface area (Å²) in [6.07, 6.45) is 1.39. The number of benzene rings is 2. The van der Waals surface area contributed by atoms with Crippen molar-refractivity contribution in [2.24, 2.45) is 0 Å². The standard InChI is InChI=1S/C20H26BNO2/c1-4-5-15-22-20(23)19(16-9-7-6-8-10-16)24-18-13-11-17(12-14-18)21(2)3/h6-14,19H,4-5,15H2,1-3H3,(H,22,23). The zero-order valence-corrected chi connectivity index (χ0v) is 14.8. The number of carbonyl (C=O) groups excluding carboxylic acids is 1. The minimum atomic E-state index is -0.632. The molecule has 4 heteroatoms. The van der Waals surface area contributed by atoms with Gasteiger partial charge in [-0.15, -0.1) is 0 Å². The molecule has 0 aliphatic heterocycles. The van der Waals surface area contributed by atoms with E-state index < -0.39 is 6.10 Å². The van der Waals surface area contributed by atoms with Gasteiger partial charge in [-0.2, -0.15) is 0 Å². The fourth-order valence-electron chi connectivity index (χ4n) is 2.45. The maximum Gasteiger partial charge on any atom is 0.265 e. The molecule has 2 rings (SSSR count). The Morgan fingerprint density at radius 2 is 1.75 bits per heavy atom. The summed E-state index contributed by atoms with van der Waals surface area (Å²) in [6, 6.07) is 17.6. The van der Waals surface area contributed by atoms with Crippen molar-refractivity contribution in [2.45, 2.75) is 39.5 Å². The van der Waals surface area contributed by atoms with Crippen molar-refractivity contribution >= 4 is 18.1 Å². The second kappa shape index (κ2) is 9.16. The lowest BCUT2D eigenvalue weighted by atomic mass is 9.49. The van der Waals surface area contributed by atoms with E-state index in [1.54, 1.807) is 0 Å². The topological polar surface area (TPSA) is 38.3 Å². The van der Waals surface area contributed by atoms with Crippen LogP contribution < -0.4 is 15.5 Å². The van der Waals surface area contributed by atoms with Crippen molar-refractivity contribution in [1.29, 1.82) is 0 Å². The van der Waals surface area contributed by atoms with Crippen LogP contribution in [-0.2, 0) is 4.79 Å². The Balaban J connectivity index is 2.15. The molecule has 0 spiro atoms. The van der Waals surface area contributed by atoms with Crippen LogP contribution in [0, 0.1) is 0 Å². The van der Waals surface area contributed by atoms with Gasteiger partial charge in [0.25, 0.3) is 5.91 Å². The molecule has 0 heterocycles. The Labute approximate surface area is 145 Å². The van der Waals surface area contributed by atoms with Crippen LogP contribution in [0.2, 0.25) is 13.6 Å². The van der Waals surface area contributed by atoms with Crippen LogP contribution in [0.3, 0.4) is 0 Å². The lowest BCUT2D eigenvalue weighted by molar-refractivity contribution is -0.128. The minimum absolute atomic E-state index is 0.0948. The molecule has 3 nitrogen and oxygen atoms in total. The largest absolute Gasteiger partial charge is 0.476 e. The van der Waals surface area contributed by atoms with E-state index in [1.807, 2.05) is 42.5 Å². The second-order valence-corrected chi connectivity index (χ2v) is 6.28. The van der Waals surface area contributed by atoms with E-state index in [9.17, 15) is 4.79 Å². The van der Waals surface area contributed by atoms with Gasteiger partial charge >= 0.3 is 0 Å². The molecule has 1 atom stereocenters. The van der Waals surface area contributed by atoms with Gasteiger partial charge in [0.15, 0.2) is 6.71 Å². The van der Waals surface area contributed by atoms with Crippen molar-refractivity contribution in [2.75, 3.05) is 6.54 Å². The molecule has 1 N–H and O–H groups in total. The maximum absolute atomic E-state index is 12.6. The normalized spacial score (nSPS) is 11.6. The Hall–Kier alpha value is -2.23. The van der Waals surface area contributed by atoms with E-state index >= 15 is 0 Å². The average molecular weight is 323 g/mol. The monoisotopic (exact) mass is 323 g/mol. The molecule has 24 heavy (non-hydrogen) atoms. The fraction of sp³-hybridized carbons (Fsp3) is 0.350. The lowest BCUT2D eigenvalue weighted by Gasteiger charge is -2.19. The van der Waals surface area contributed by atoms with Gasteiger partial charge in [0.1, 0.15) is 5.75 Å². The molecule has 0 saturated heterocycles. The summed E-state index contributed by atoms with van der Waals surface area (Å²) >= 11 is 0. The molecule has 1 amide bonds. The zero-order valence-electron chi connectivity index (χ0n) is 14.8. The highest BCUT2D eigenvalue weighted by Gasteiger charge is 2.22. The zero-order chi connectivity index (χ0) is 17.4. The first-order valence-electron chi connectivity index (χ1n) is 8.71. The number of carbonyl (C=O) groups is 1. The van der Waals surface area contributed by atoms with E-state index in [-0.39, 0.29) is 5.91 Å². The van der Waals surface area contributed by atoms with E-state index in [2.05, 4.69) is 38.0 Å². The summed E-state index contributed by atoms with van der Waals surface area (Å²) in [4.78, 5) is 12.6. The molecule has 0 bridgehead atoms. The van der Waals surface area contributed by atoms with Crippen molar-refractivity contribution in [3.63, 3.8) is 0 Å². The van der Waals surface area contributed by atoms with Gasteiger partial charge in [-0.25, -0.2) is 0 Å². The van der Waals surface area contributed by atoms with Crippen LogP contribution in [0.4, 0.5) is 0 Å². The van der Waals surface area contributed by atoms with Crippen LogP contribution in [0.5, 0.6) is 5.75 Å². The molecular weight excluding hydrogens is 297 g/mol. The Morgan fingerprint density at radius 1 is 1.08 bits per heavy atom. The van der Waals surface area contributed by atoms with Gasteiger partial charge in [-0.1, -0.05) is 74.9 Å². The number of ether oxygens (including phenoxy) is 1. The number of rotatable bonds is 8. The smallest absolute Gasteiger partial charge is 0.265 e. The van der Waals surface area contributed by atoms with Gasteiger partial charge in [-0.3, -0.25) is 4.79 Å². The van der Waals surface area contributed by atoms with Crippen molar-refractivity contribution < 1.29 is 9.53 Å². The lowest BCUT2D eigenvalue weighted by Crippen LogP contribution is -2.33. The van der Waals surface area contributed by atoms with Crippen LogP contribution in [0.1, 0.15) is 31.4 Å². The summed E-state index contributed by atoms with van der Waals surface area (Å²) in [6.45, 7) is 7.57. The highest BCUT2D eigenvalue weighted by molar-refractivity contribution is 6.70. The average Bonchev–Trinajstić information content (AvgIpc) is 2.61. The minimum Gasteiger partial charge on any atom is -0.476 e. The number of unbranched alkanes of at least 4 members (excludes halogenated alkanes) is 1. The van der Waals surface area contributed by atoms with Crippen LogP contribution in [0.25, 0.3) is 0 Å². The number of amides is 1. The first-order valence-corrected chi connectivity index (χ1v) is 8.71. The SMILES string of the molecule is CCCCNC(=O)C(Oc1ccc(B(C)C)cc1)c1ccccc1. The van der Waals surface area contributed by atoms with Gasteiger partial charge in [0.05, 0.1) is 0 Å². The third-order valence-electron chi connectivity index (χ3n) is 3.97. The van der Waals surface area contributed by atoms with Gasteiger partial charge < -0.3 is 10.1 Å². The van der Waals surface area contributed by atoms with Crippen molar-refractivity contribution in [3.8, 4) is 5.75 Å². The number of hydrogen-bond acceptors (Lipinski definition) is 2. The molecule has 0 fully saturated rings. The molecule has 0 aromatic heterocycles. The van der Waals surface area contributed by atoms with Gasteiger partial charge in [0, 0.05) is 12.1 Å². The summed E-state index contributed by atoms with van der Waals surface area (Å²) in [5.74, 6) is 0.612. The molecule has 0 saturated carbocycles. The number of nitrogens with one attached hydrogen (secondary N) is 1. The summed E-state index contributed by atoms with van der Waals surface area (Å²) in [5.41, 5.74) is 2.12. The highest BCUT2D eigenvalue weighted by Crippen LogP contribution is 2.21. The second-order valence-electron chi connectivity index (χ2n) is 6.28. The Kier molecular flexibility index (Phi) is 6.92. The third kappa shape index (κ3) is 5.15. The molecular formula is C20H26BNO2. The van der Waals surface area contributed by atoms with E-state index in [4.69, 9.17) is 4.74 Å². The third-order valence-corrected chi connectivity index (χ3v) is 3.97. The molecule has 2 aromatic carbocycles. The van der Waals surface area contributed by atoms with Crippen molar-refractivity contribution in [1.82, 2.24) is 5.32 Å². The predicted octanol–water partition coefficient (Wildman–Crippen LogP) is 3.68. The number of hydrogen-bond donors (Lipinski definition) is 1. The molecule has 0 radical (unpaired) electrons. The molecule has 0 aliphatic carbocycles. The quantitative estimate of drug-likeness (QED) is 0.594. The van der Waals surface area contributed by atoms with Gasteiger partial charge in [-0.05, 0) is 18.6 Å². The Morgan fingerprint density at radius 3 is 2.33 bits per heavy atom. The van der Waals surface area contributed by atoms with Crippen LogP contribution >= 0.6 is 0 Å². The van der Waals surface area contributed by atoms with E-state index in [0.29, 0.717) is 19.0 Å².